The van der Waals surface area contributed by atoms with Crippen LogP contribution in [0, 0.1) is 6.92 Å². The molecule has 0 aromatic heterocycles. The second-order valence-corrected chi connectivity index (χ2v) is 5.37. The van der Waals surface area contributed by atoms with Gasteiger partial charge in [0.2, 0.25) is 0 Å². The summed E-state index contributed by atoms with van der Waals surface area (Å²) in [6, 6.07) is 16.8. The molecule has 0 unspecified atom stereocenters. The van der Waals surface area contributed by atoms with Crippen LogP contribution >= 0.6 is 0 Å². The van der Waals surface area contributed by atoms with E-state index in [1.54, 1.807) is 12.1 Å². The summed E-state index contributed by atoms with van der Waals surface area (Å²) < 4.78 is 0. The molecule has 0 saturated carbocycles. The molecule has 0 bridgehead atoms. The van der Waals surface area contributed by atoms with Gasteiger partial charge in [-0.3, -0.25) is 9.59 Å². The van der Waals surface area contributed by atoms with Crippen molar-refractivity contribution in [3.8, 4) is 0 Å². The number of aryl methyl sites for hydroxylation is 1. The fraction of sp³-hybridized carbons (Fsp3) is 0.263. The van der Waals surface area contributed by atoms with Crippen molar-refractivity contribution >= 4 is 11.7 Å². The molecule has 0 heterocycles. The lowest BCUT2D eigenvalue weighted by atomic mass is 10.0. The average molecular weight is 295 g/mol. The molecule has 0 saturated heterocycles. The predicted octanol–water partition coefficient (Wildman–Crippen LogP) is 3.78. The maximum atomic E-state index is 12.0. The number of rotatable bonds is 7. The second kappa shape index (κ2) is 8.13. The Labute approximate surface area is 131 Å². The number of benzene rings is 2. The van der Waals surface area contributed by atoms with E-state index in [1.807, 2.05) is 49.4 Å². The lowest BCUT2D eigenvalue weighted by Gasteiger charge is -2.05. The molecule has 0 aliphatic carbocycles. The minimum absolute atomic E-state index is 0.0644. The second-order valence-electron chi connectivity index (χ2n) is 5.37. The quantitative estimate of drug-likeness (QED) is 0.624. The summed E-state index contributed by atoms with van der Waals surface area (Å²) in [6.07, 6.45) is 2.10. The molecule has 0 aliphatic rings. The Kier molecular flexibility index (Phi) is 5.90. The first-order valence-corrected chi connectivity index (χ1v) is 7.60. The van der Waals surface area contributed by atoms with Crippen LogP contribution in [0.4, 0.5) is 0 Å². The lowest BCUT2D eigenvalue weighted by molar-refractivity contribution is 0.0953. The normalized spacial score (nSPS) is 10.2. The monoisotopic (exact) mass is 295 g/mol. The zero-order valence-corrected chi connectivity index (χ0v) is 12.8. The first-order valence-electron chi connectivity index (χ1n) is 7.60. The Morgan fingerprint density at radius 3 is 2.23 bits per heavy atom. The van der Waals surface area contributed by atoms with E-state index in [0.29, 0.717) is 18.5 Å². The SMILES string of the molecule is Cc1ccc(C(=O)CCCCNC(=O)c2ccccc2)cc1. The van der Waals surface area contributed by atoms with Crippen LogP contribution in [0.15, 0.2) is 54.6 Å². The molecular formula is C19H21NO2. The van der Waals surface area contributed by atoms with Gasteiger partial charge in [-0.15, -0.1) is 0 Å². The highest BCUT2D eigenvalue weighted by atomic mass is 16.1. The van der Waals surface area contributed by atoms with Crippen LogP contribution in [-0.4, -0.2) is 18.2 Å². The maximum Gasteiger partial charge on any atom is 0.251 e. The first kappa shape index (κ1) is 16.0. The van der Waals surface area contributed by atoms with E-state index in [1.165, 1.54) is 0 Å². The lowest BCUT2D eigenvalue weighted by Crippen LogP contribution is -2.24. The van der Waals surface area contributed by atoms with Crippen molar-refractivity contribution in [2.75, 3.05) is 6.54 Å². The number of Topliss-reactive ketones (excluding diaryl/α,β-unsaturated/α-hetero) is 1. The summed E-state index contributed by atoms with van der Waals surface area (Å²) in [7, 11) is 0. The minimum atomic E-state index is -0.0644. The zero-order valence-electron chi connectivity index (χ0n) is 12.8. The van der Waals surface area contributed by atoms with E-state index in [2.05, 4.69) is 5.32 Å². The van der Waals surface area contributed by atoms with E-state index >= 15 is 0 Å². The van der Waals surface area contributed by atoms with Crippen LogP contribution in [0.3, 0.4) is 0 Å². The fourth-order valence-electron chi connectivity index (χ4n) is 2.19. The van der Waals surface area contributed by atoms with Crippen LogP contribution in [0.1, 0.15) is 45.5 Å². The molecule has 114 valence electrons. The Morgan fingerprint density at radius 2 is 1.55 bits per heavy atom. The zero-order chi connectivity index (χ0) is 15.8. The number of hydrogen-bond acceptors (Lipinski definition) is 2. The van der Waals surface area contributed by atoms with E-state index < -0.39 is 0 Å². The van der Waals surface area contributed by atoms with E-state index in [0.717, 1.165) is 24.0 Å². The Bertz CT molecular complexity index is 618. The van der Waals surface area contributed by atoms with Gasteiger partial charge in [-0.05, 0) is 31.9 Å². The van der Waals surface area contributed by atoms with Crippen LogP contribution in [-0.2, 0) is 0 Å². The molecule has 2 rings (SSSR count). The molecule has 1 amide bonds. The number of carbonyl (C=O) groups is 2. The molecule has 0 atom stereocenters. The molecule has 2 aromatic rings. The van der Waals surface area contributed by atoms with Gasteiger partial charge in [0.05, 0.1) is 0 Å². The first-order chi connectivity index (χ1) is 10.7. The number of carbonyl (C=O) groups excluding carboxylic acids is 2. The summed E-state index contributed by atoms with van der Waals surface area (Å²) in [5.41, 5.74) is 2.58. The summed E-state index contributed by atoms with van der Waals surface area (Å²) in [4.78, 5) is 23.8. The van der Waals surface area contributed by atoms with Crippen molar-refractivity contribution in [2.45, 2.75) is 26.2 Å². The number of hydrogen-bond donors (Lipinski definition) is 1. The van der Waals surface area contributed by atoms with Crippen molar-refractivity contribution in [3.05, 3.63) is 71.3 Å². The van der Waals surface area contributed by atoms with Gasteiger partial charge in [-0.25, -0.2) is 0 Å². The van der Waals surface area contributed by atoms with Crippen LogP contribution in [0.25, 0.3) is 0 Å². The standard InChI is InChI=1S/C19H21NO2/c1-15-10-12-16(13-11-15)18(21)9-5-6-14-20-19(22)17-7-3-2-4-8-17/h2-4,7-8,10-13H,5-6,9,14H2,1H3,(H,20,22). The predicted molar refractivity (Wildman–Crippen MR) is 88.1 cm³/mol. The van der Waals surface area contributed by atoms with Crippen molar-refractivity contribution in [3.63, 3.8) is 0 Å². The van der Waals surface area contributed by atoms with Gasteiger partial charge < -0.3 is 5.32 Å². The average Bonchev–Trinajstić information content (AvgIpc) is 2.55. The van der Waals surface area contributed by atoms with Crippen LogP contribution in [0.2, 0.25) is 0 Å². The number of ketones is 1. The number of amides is 1. The van der Waals surface area contributed by atoms with Crippen LogP contribution in [0.5, 0.6) is 0 Å². The third-order valence-corrected chi connectivity index (χ3v) is 3.53. The Morgan fingerprint density at radius 1 is 0.864 bits per heavy atom. The van der Waals surface area contributed by atoms with Crippen LogP contribution < -0.4 is 5.32 Å². The fourth-order valence-corrected chi connectivity index (χ4v) is 2.19. The number of nitrogens with one attached hydrogen (secondary N) is 1. The largest absolute Gasteiger partial charge is 0.352 e. The molecule has 0 fully saturated rings. The molecule has 2 aromatic carbocycles. The van der Waals surface area contributed by atoms with Gasteiger partial charge in [-0.1, -0.05) is 48.0 Å². The highest BCUT2D eigenvalue weighted by Gasteiger charge is 2.06. The van der Waals surface area contributed by atoms with Gasteiger partial charge in [0.15, 0.2) is 5.78 Å². The highest BCUT2D eigenvalue weighted by molar-refractivity contribution is 5.96. The topological polar surface area (TPSA) is 46.2 Å². The highest BCUT2D eigenvalue weighted by Crippen LogP contribution is 2.08. The summed E-state index contributed by atoms with van der Waals surface area (Å²) in [5.74, 6) is 0.0971. The third kappa shape index (κ3) is 4.85. The molecule has 3 heteroatoms. The molecule has 3 nitrogen and oxygen atoms in total. The molecule has 1 N–H and O–H groups in total. The van der Waals surface area contributed by atoms with Gasteiger partial charge in [0.25, 0.3) is 5.91 Å². The van der Waals surface area contributed by atoms with Crippen molar-refractivity contribution in [1.29, 1.82) is 0 Å². The van der Waals surface area contributed by atoms with Gasteiger partial charge in [-0.2, -0.15) is 0 Å². The minimum Gasteiger partial charge on any atom is -0.352 e. The summed E-state index contributed by atoms with van der Waals surface area (Å²) in [5, 5.41) is 2.87. The maximum absolute atomic E-state index is 12.0. The summed E-state index contributed by atoms with van der Waals surface area (Å²) >= 11 is 0. The smallest absolute Gasteiger partial charge is 0.251 e. The molecule has 0 radical (unpaired) electrons. The van der Waals surface area contributed by atoms with E-state index in [9.17, 15) is 9.59 Å². The van der Waals surface area contributed by atoms with Gasteiger partial charge in [0, 0.05) is 24.1 Å². The van der Waals surface area contributed by atoms with Crippen molar-refractivity contribution < 1.29 is 9.59 Å². The van der Waals surface area contributed by atoms with Crippen molar-refractivity contribution in [2.24, 2.45) is 0 Å². The van der Waals surface area contributed by atoms with E-state index in [-0.39, 0.29) is 11.7 Å². The Balaban J connectivity index is 1.66. The molecule has 0 aliphatic heterocycles. The number of unbranched alkanes of at least 4 members (excludes halogenated alkanes) is 1. The van der Waals surface area contributed by atoms with Gasteiger partial charge >= 0.3 is 0 Å². The summed E-state index contributed by atoms with van der Waals surface area (Å²) in [6.45, 7) is 2.60. The third-order valence-electron chi connectivity index (χ3n) is 3.53. The molecular weight excluding hydrogens is 274 g/mol. The van der Waals surface area contributed by atoms with Crippen molar-refractivity contribution in [1.82, 2.24) is 5.32 Å². The molecule has 0 spiro atoms. The molecule has 22 heavy (non-hydrogen) atoms. The van der Waals surface area contributed by atoms with E-state index in [4.69, 9.17) is 0 Å². The van der Waals surface area contributed by atoms with Gasteiger partial charge in [0.1, 0.15) is 0 Å². The Hall–Kier alpha value is -2.42.